The van der Waals surface area contributed by atoms with Crippen LogP contribution in [-0.2, 0) is 4.74 Å². The molecule has 0 aliphatic heterocycles. The molecule has 1 aromatic rings. The summed E-state index contributed by atoms with van der Waals surface area (Å²) in [5.41, 5.74) is 5.79. The van der Waals surface area contributed by atoms with Crippen molar-refractivity contribution in [2.45, 2.75) is 0 Å². The van der Waals surface area contributed by atoms with Gasteiger partial charge in [0.05, 0.1) is 13.2 Å². The number of halogens is 1. The quantitative estimate of drug-likeness (QED) is 0.615. The van der Waals surface area contributed by atoms with Crippen LogP contribution in [0.3, 0.4) is 0 Å². The Labute approximate surface area is 94.4 Å². The molecule has 0 amide bonds. The molecule has 1 rings (SSSR count). The van der Waals surface area contributed by atoms with Crippen molar-refractivity contribution in [3.8, 4) is 17.6 Å². The van der Waals surface area contributed by atoms with E-state index in [4.69, 9.17) is 15.2 Å². The van der Waals surface area contributed by atoms with Gasteiger partial charge in [-0.1, -0.05) is 11.8 Å². The summed E-state index contributed by atoms with van der Waals surface area (Å²) in [6.07, 6.45) is 0. The lowest BCUT2D eigenvalue weighted by atomic mass is 10.2. The molecule has 0 atom stereocenters. The third-order valence-corrected chi connectivity index (χ3v) is 1.76. The van der Waals surface area contributed by atoms with Gasteiger partial charge in [0, 0.05) is 18.7 Å². The van der Waals surface area contributed by atoms with Crippen LogP contribution in [0.5, 0.6) is 5.75 Å². The van der Waals surface area contributed by atoms with E-state index in [1.807, 2.05) is 0 Å². The lowest BCUT2D eigenvalue weighted by molar-refractivity contribution is 0.146. The predicted octanol–water partition coefficient (Wildman–Crippen LogP) is 1.16. The molecule has 0 spiro atoms. The Bertz CT molecular complexity index is 396. The Hall–Kier alpha value is -1.57. The maximum atomic E-state index is 13.2. The Morgan fingerprint density at radius 1 is 1.31 bits per heavy atom. The molecular formula is C12H14FNO2. The third-order valence-electron chi connectivity index (χ3n) is 1.76. The largest absolute Gasteiger partial charge is 0.491 e. The van der Waals surface area contributed by atoms with E-state index < -0.39 is 0 Å². The molecule has 0 unspecified atom stereocenters. The number of hydrogen-bond acceptors (Lipinski definition) is 3. The van der Waals surface area contributed by atoms with E-state index in [9.17, 15) is 4.39 Å². The van der Waals surface area contributed by atoms with Crippen molar-refractivity contribution in [2.75, 3.05) is 26.9 Å². The first-order valence-electron chi connectivity index (χ1n) is 4.87. The van der Waals surface area contributed by atoms with E-state index in [1.54, 1.807) is 13.2 Å². The fourth-order valence-electron chi connectivity index (χ4n) is 1.11. The van der Waals surface area contributed by atoms with E-state index in [0.29, 0.717) is 24.5 Å². The highest BCUT2D eigenvalue weighted by atomic mass is 19.1. The molecule has 4 heteroatoms. The minimum absolute atomic E-state index is 0.246. The van der Waals surface area contributed by atoms with Gasteiger partial charge in [0.1, 0.15) is 18.2 Å². The fourth-order valence-corrected chi connectivity index (χ4v) is 1.11. The molecule has 3 nitrogen and oxygen atoms in total. The lowest BCUT2D eigenvalue weighted by Gasteiger charge is -2.05. The highest BCUT2D eigenvalue weighted by Gasteiger charge is 2.00. The minimum Gasteiger partial charge on any atom is -0.491 e. The third kappa shape index (κ3) is 4.30. The molecule has 0 aromatic heterocycles. The normalized spacial score (nSPS) is 9.44. The van der Waals surface area contributed by atoms with E-state index in [-0.39, 0.29) is 12.4 Å². The van der Waals surface area contributed by atoms with Crippen molar-refractivity contribution in [1.29, 1.82) is 0 Å². The van der Waals surface area contributed by atoms with Crippen LogP contribution < -0.4 is 10.5 Å². The van der Waals surface area contributed by atoms with Crippen LogP contribution >= 0.6 is 0 Å². The number of ether oxygens (including phenoxy) is 2. The Morgan fingerprint density at radius 2 is 2.12 bits per heavy atom. The average Bonchev–Trinajstić information content (AvgIpc) is 2.26. The average molecular weight is 223 g/mol. The Morgan fingerprint density at radius 3 is 2.81 bits per heavy atom. The first-order chi connectivity index (χ1) is 7.76. The van der Waals surface area contributed by atoms with Crippen LogP contribution in [0.25, 0.3) is 0 Å². The van der Waals surface area contributed by atoms with Gasteiger partial charge in [-0.25, -0.2) is 4.39 Å². The van der Waals surface area contributed by atoms with Crippen LogP contribution in [0.4, 0.5) is 4.39 Å². The Balaban J connectivity index is 2.73. The first kappa shape index (κ1) is 12.5. The molecule has 16 heavy (non-hydrogen) atoms. The maximum Gasteiger partial charge on any atom is 0.128 e. The van der Waals surface area contributed by atoms with Gasteiger partial charge in [0.15, 0.2) is 0 Å². The van der Waals surface area contributed by atoms with Crippen molar-refractivity contribution in [3.63, 3.8) is 0 Å². The van der Waals surface area contributed by atoms with Gasteiger partial charge < -0.3 is 15.2 Å². The molecule has 1 aromatic carbocycles. The number of benzene rings is 1. The van der Waals surface area contributed by atoms with Crippen LogP contribution in [0, 0.1) is 17.7 Å². The number of methoxy groups -OCH3 is 1. The van der Waals surface area contributed by atoms with Crippen LogP contribution in [0.1, 0.15) is 5.56 Å². The smallest absolute Gasteiger partial charge is 0.128 e. The highest BCUT2D eigenvalue weighted by Crippen LogP contribution is 2.15. The molecule has 0 saturated carbocycles. The molecule has 0 bridgehead atoms. The second kappa shape index (κ2) is 6.83. The van der Waals surface area contributed by atoms with Crippen molar-refractivity contribution in [2.24, 2.45) is 5.73 Å². The molecule has 0 aliphatic rings. The molecule has 0 saturated heterocycles. The fraction of sp³-hybridized carbons (Fsp3) is 0.333. The second-order valence-electron chi connectivity index (χ2n) is 3.02. The van der Waals surface area contributed by atoms with Gasteiger partial charge in [0.25, 0.3) is 0 Å². The van der Waals surface area contributed by atoms with Crippen molar-refractivity contribution >= 4 is 0 Å². The zero-order chi connectivity index (χ0) is 11.8. The van der Waals surface area contributed by atoms with Crippen LogP contribution in [0.15, 0.2) is 18.2 Å². The van der Waals surface area contributed by atoms with Crippen LogP contribution in [-0.4, -0.2) is 26.9 Å². The molecule has 0 fully saturated rings. The molecular weight excluding hydrogens is 209 g/mol. The Kier molecular flexibility index (Phi) is 5.34. The van der Waals surface area contributed by atoms with Gasteiger partial charge in [-0.15, -0.1) is 0 Å². The summed E-state index contributed by atoms with van der Waals surface area (Å²) in [6.45, 7) is 1.08. The molecule has 0 aliphatic carbocycles. The maximum absolute atomic E-state index is 13.2. The van der Waals surface area contributed by atoms with Gasteiger partial charge in [-0.05, 0) is 12.1 Å². The summed E-state index contributed by atoms with van der Waals surface area (Å²) in [5.74, 6) is 5.47. The second-order valence-corrected chi connectivity index (χ2v) is 3.02. The number of hydrogen-bond donors (Lipinski definition) is 1. The molecule has 0 heterocycles. The summed E-state index contributed by atoms with van der Waals surface area (Å²) >= 11 is 0. The van der Waals surface area contributed by atoms with Gasteiger partial charge in [0.2, 0.25) is 0 Å². The summed E-state index contributed by atoms with van der Waals surface area (Å²) in [5, 5.41) is 0. The summed E-state index contributed by atoms with van der Waals surface area (Å²) in [6, 6.07) is 4.32. The van der Waals surface area contributed by atoms with Gasteiger partial charge in [-0.3, -0.25) is 0 Å². The monoisotopic (exact) mass is 223 g/mol. The number of nitrogens with two attached hydrogens (primary N) is 1. The van der Waals surface area contributed by atoms with E-state index in [1.165, 1.54) is 12.1 Å². The topological polar surface area (TPSA) is 44.5 Å². The molecule has 0 radical (unpaired) electrons. The van der Waals surface area contributed by atoms with E-state index in [0.717, 1.165) is 0 Å². The lowest BCUT2D eigenvalue weighted by Crippen LogP contribution is -2.04. The molecule has 2 N–H and O–H groups in total. The van der Waals surface area contributed by atoms with Crippen LogP contribution in [0.2, 0.25) is 0 Å². The standard InChI is InChI=1S/C12H14FNO2/c1-15-5-6-16-12-8-10(3-2-4-14)7-11(13)9-12/h7-9H,4-6,14H2,1H3. The number of rotatable bonds is 4. The highest BCUT2D eigenvalue weighted by molar-refractivity contribution is 5.40. The minimum atomic E-state index is -0.378. The zero-order valence-corrected chi connectivity index (χ0v) is 9.13. The van der Waals surface area contributed by atoms with Crippen molar-refractivity contribution < 1.29 is 13.9 Å². The zero-order valence-electron chi connectivity index (χ0n) is 9.13. The van der Waals surface area contributed by atoms with E-state index >= 15 is 0 Å². The van der Waals surface area contributed by atoms with Crippen molar-refractivity contribution in [1.82, 2.24) is 0 Å². The summed E-state index contributed by atoms with van der Waals surface area (Å²) in [4.78, 5) is 0. The first-order valence-corrected chi connectivity index (χ1v) is 4.87. The van der Waals surface area contributed by atoms with Gasteiger partial charge in [-0.2, -0.15) is 0 Å². The SMILES string of the molecule is COCCOc1cc(F)cc(C#CCN)c1. The summed E-state index contributed by atoms with van der Waals surface area (Å²) < 4.78 is 23.3. The van der Waals surface area contributed by atoms with Crippen molar-refractivity contribution in [3.05, 3.63) is 29.6 Å². The summed E-state index contributed by atoms with van der Waals surface area (Å²) in [7, 11) is 1.58. The predicted molar refractivity (Wildman–Crippen MR) is 59.7 cm³/mol. The van der Waals surface area contributed by atoms with E-state index in [2.05, 4.69) is 11.8 Å². The van der Waals surface area contributed by atoms with Gasteiger partial charge >= 0.3 is 0 Å². The molecule has 86 valence electrons.